The lowest BCUT2D eigenvalue weighted by atomic mass is 9.97. The smallest absolute Gasteiger partial charge is 0.329 e. The predicted octanol–water partition coefficient (Wildman–Crippen LogP) is -2.69. The minimum atomic E-state index is -1.80. The number of aliphatic hydroxyl groups excluding tert-OH is 6. The molecule has 0 aliphatic carbocycles. The summed E-state index contributed by atoms with van der Waals surface area (Å²) in [5.74, 6) is -1.65. The van der Waals surface area contributed by atoms with E-state index in [9.17, 15) is 40.2 Å². The van der Waals surface area contributed by atoms with E-state index in [1.165, 1.54) is 0 Å². The van der Waals surface area contributed by atoms with Crippen LogP contribution >= 0.6 is 0 Å². The second-order valence-electron chi connectivity index (χ2n) is 10.2. The van der Waals surface area contributed by atoms with E-state index in [1.54, 1.807) is 0 Å². The van der Waals surface area contributed by atoms with Gasteiger partial charge in [0.15, 0.2) is 12.6 Å². The number of unbranched alkanes of at least 4 members (excludes halogenated alkanes) is 7. The Kier molecular flexibility index (Phi) is 15.7. The molecule has 2 aliphatic rings. The van der Waals surface area contributed by atoms with Gasteiger partial charge in [-0.3, -0.25) is 4.79 Å². The van der Waals surface area contributed by atoms with Crippen molar-refractivity contribution in [2.45, 2.75) is 119 Å². The highest BCUT2D eigenvalue weighted by molar-refractivity contribution is 5.75. The summed E-state index contributed by atoms with van der Waals surface area (Å²) in [5.41, 5.74) is 5.48. The molecule has 0 aromatic carbocycles. The third kappa shape index (κ3) is 10.7. The van der Waals surface area contributed by atoms with E-state index >= 15 is 0 Å². The Hall–Kier alpha value is -1.50. The van der Waals surface area contributed by atoms with Crippen LogP contribution in [0, 0.1) is 0 Å². The van der Waals surface area contributed by atoms with Crippen LogP contribution in [0.3, 0.4) is 0 Å². The van der Waals surface area contributed by atoms with Crippen LogP contribution in [0.15, 0.2) is 0 Å². The molecule has 1 amide bonds. The number of carbonyl (C=O) groups excluding carboxylic acids is 1. The van der Waals surface area contributed by atoms with Crippen molar-refractivity contribution in [3.63, 3.8) is 0 Å². The highest BCUT2D eigenvalue weighted by Crippen LogP contribution is 2.29. The predicted molar refractivity (Wildman–Crippen MR) is 137 cm³/mol. The Labute approximate surface area is 233 Å². The van der Waals surface area contributed by atoms with E-state index in [0.29, 0.717) is 13.0 Å². The third-order valence-corrected chi connectivity index (χ3v) is 7.02. The van der Waals surface area contributed by atoms with Crippen LogP contribution in [0.5, 0.6) is 0 Å². The number of nitrogens with two attached hydrogens (primary N) is 1. The summed E-state index contributed by atoms with van der Waals surface area (Å²) in [6.45, 7) is -1.10. The molecule has 15 nitrogen and oxygen atoms in total. The van der Waals surface area contributed by atoms with Gasteiger partial charge in [-0.25, -0.2) is 4.79 Å². The maximum Gasteiger partial charge on any atom is 0.329 e. The van der Waals surface area contributed by atoms with Gasteiger partial charge in [0.25, 0.3) is 0 Å². The lowest BCUT2D eigenvalue weighted by Gasteiger charge is -2.45. The monoisotopic (exact) mass is 582 g/mol. The van der Waals surface area contributed by atoms with Crippen LogP contribution < -0.4 is 11.1 Å². The maximum atomic E-state index is 12.3. The van der Waals surface area contributed by atoms with Crippen molar-refractivity contribution < 1.29 is 64.3 Å². The van der Waals surface area contributed by atoms with E-state index in [4.69, 9.17) is 29.8 Å². The van der Waals surface area contributed by atoms with Crippen molar-refractivity contribution in [1.82, 2.24) is 5.32 Å². The first-order valence-corrected chi connectivity index (χ1v) is 13.9. The van der Waals surface area contributed by atoms with Gasteiger partial charge in [-0.05, 0) is 19.4 Å². The van der Waals surface area contributed by atoms with Crippen LogP contribution in [-0.2, 0) is 28.5 Å². The van der Waals surface area contributed by atoms with Crippen LogP contribution in [0.25, 0.3) is 0 Å². The first kappa shape index (κ1) is 34.7. The Bertz CT molecular complexity index is 748. The molecule has 10 atom stereocenters. The number of carbonyl (C=O) groups is 2. The molecule has 234 valence electrons. The summed E-state index contributed by atoms with van der Waals surface area (Å²) in [5, 5.41) is 72.9. The molecule has 2 rings (SSSR count). The average molecular weight is 583 g/mol. The Morgan fingerprint density at radius 3 is 1.93 bits per heavy atom. The van der Waals surface area contributed by atoms with Crippen molar-refractivity contribution >= 4 is 11.9 Å². The number of rotatable bonds is 18. The minimum Gasteiger partial charge on any atom is -0.480 e. The Morgan fingerprint density at radius 1 is 0.750 bits per heavy atom. The molecule has 40 heavy (non-hydrogen) atoms. The van der Waals surface area contributed by atoms with Crippen LogP contribution in [0.4, 0.5) is 0 Å². The van der Waals surface area contributed by atoms with Crippen molar-refractivity contribution in [3.8, 4) is 0 Å². The molecule has 0 aromatic heterocycles. The van der Waals surface area contributed by atoms with Gasteiger partial charge in [0.2, 0.25) is 5.91 Å². The summed E-state index contributed by atoms with van der Waals surface area (Å²) < 4.78 is 21.4. The molecule has 0 saturated carbocycles. The zero-order valence-corrected chi connectivity index (χ0v) is 22.6. The SMILES string of the molecule is NCCCCCCCCCCC(=O)NC[C@H]1O[C@H](O[C@@H]2O[C@H](CO)[C@H](O)[C@H](OCC(=O)O)[C@H]2O)[C@@H](O)[C@@H](O)[C@@H]1O. The van der Waals surface area contributed by atoms with Gasteiger partial charge in [-0.15, -0.1) is 0 Å². The lowest BCUT2D eigenvalue weighted by Crippen LogP contribution is -2.64. The zero-order valence-electron chi connectivity index (χ0n) is 22.6. The molecule has 0 radical (unpaired) electrons. The van der Waals surface area contributed by atoms with Crippen molar-refractivity contribution in [1.29, 1.82) is 0 Å². The maximum absolute atomic E-state index is 12.3. The molecule has 2 heterocycles. The number of aliphatic hydroxyl groups is 6. The van der Waals surface area contributed by atoms with E-state index in [0.717, 1.165) is 44.9 Å². The van der Waals surface area contributed by atoms with E-state index in [1.807, 2.05) is 0 Å². The third-order valence-electron chi connectivity index (χ3n) is 7.02. The number of aliphatic carboxylic acids is 1. The van der Waals surface area contributed by atoms with Crippen molar-refractivity contribution in [2.75, 3.05) is 26.3 Å². The quantitative estimate of drug-likeness (QED) is 0.0746. The van der Waals surface area contributed by atoms with Gasteiger partial charge in [-0.2, -0.15) is 0 Å². The van der Waals surface area contributed by atoms with Crippen molar-refractivity contribution in [3.05, 3.63) is 0 Å². The molecular weight excluding hydrogens is 536 g/mol. The molecule has 2 saturated heterocycles. The fourth-order valence-corrected chi connectivity index (χ4v) is 4.65. The molecule has 0 spiro atoms. The van der Waals surface area contributed by atoms with Gasteiger partial charge >= 0.3 is 5.97 Å². The standard InChI is InChI=1S/C25H46N2O13/c26-10-8-6-4-2-1-3-5-7-9-16(29)27-11-14-18(32)20(34)21(35)24(38-14)40-25-22(36)23(37-13-17(30)31)19(33)15(12-28)39-25/h14-15,18-25,28,32-36H,1-13,26H2,(H,27,29)(H,30,31)/t14-,15-,18-,19+,20+,21+,22-,23+,24-,25+/m1/s1. The van der Waals surface area contributed by atoms with Gasteiger partial charge < -0.3 is 65.7 Å². The molecule has 2 aliphatic heterocycles. The zero-order chi connectivity index (χ0) is 29.7. The molecule has 0 aromatic rings. The highest BCUT2D eigenvalue weighted by atomic mass is 16.8. The topological polar surface area (TPSA) is 251 Å². The largest absolute Gasteiger partial charge is 0.480 e. The fraction of sp³-hybridized carbons (Fsp3) is 0.920. The summed E-state index contributed by atoms with van der Waals surface area (Å²) in [7, 11) is 0. The Balaban J connectivity index is 1.84. The number of ether oxygens (including phenoxy) is 4. The molecular formula is C25H46N2O13. The van der Waals surface area contributed by atoms with Crippen LogP contribution in [-0.4, -0.2) is 135 Å². The fourth-order valence-electron chi connectivity index (χ4n) is 4.65. The summed E-state index contributed by atoms with van der Waals surface area (Å²) >= 11 is 0. The van der Waals surface area contributed by atoms with Gasteiger partial charge in [-0.1, -0.05) is 38.5 Å². The second kappa shape index (κ2) is 18.1. The highest BCUT2D eigenvalue weighted by Gasteiger charge is 2.50. The van der Waals surface area contributed by atoms with Gasteiger partial charge in [0.1, 0.15) is 55.4 Å². The van der Waals surface area contributed by atoms with E-state index in [-0.39, 0.29) is 18.9 Å². The number of hydrogen-bond acceptors (Lipinski definition) is 13. The summed E-state index contributed by atoms with van der Waals surface area (Å²) in [6, 6.07) is 0. The number of nitrogens with one attached hydrogen (secondary N) is 1. The first-order valence-electron chi connectivity index (χ1n) is 13.9. The number of carboxylic acid groups (broad SMARTS) is 1. The second-order valence-corrected chi connectivity index (χ2v) is 10.2. The van der Waals surface area contributed by atoms with Crippen LogP contribution in [0.2, 0.25) is 0 Å². The molecule has 0 bridgehead atoms. The number of amides is 1. The first-order chi connectivity index (χ1) is 19.1. The molecule has 10 N–H and O–H groups in total. The Morgan fingerprint density at radius 2 is 1.32 bits per heavy atom. The van der Waals surface area contributed by atoms with Crippen molar-refractivity contribution in [2.24, 2.45) is 5.73 Å². The molecule has 2 fully saturated rings. The number of carboxylic acids is 1. The van der Waals surface area contributed by atoms with E-state index in [2.05, 4.69) is 5.32 Å². The minimum absolute atomic E-state index is 0.207. The summed E-state index contributed by atoms with van der Waals surface area (Å²) in [4.78, 5) is 23.1. The average Bonchev–Trinajstić information content (AvgIpc) is 2.92. The number of hydrogen-bond donors (Lipinski definition) is 9. The van der Waals surface area contributed by atoms with Gasteiger partial charge in [0, 0.05) is 13.0 Å². The van der Waals surface area contributed by atoms with E-state index < -0.39 is 80.6 Å². The van der Waals surface area contributed by atoms with Gasteiger partial charge in [0.05, 0.1) is 6.61 Å². The molecule has 15 heteroatoms. The summed E-state index contributed by atoms with van der Waals surface area (Å²) in [6.07, 6.45) is -7.47. The molecule has 0 unspecified atom stereocenters. The lowest BCUT2D eigenvalue weighted by molar-refractivity contribution is -0.376. The normalized spacial score (nSPS) is 34.5. The van der Waals surface area contributed by atoms with Crippen LogP contribution in [0.1, 0.15) is 57.8 Å².